The van der Waals surface area contributed by atoms with Gasteiger partial charge in [-0.15, -0.1) is 12.2 Å². The van der Waals surface area contributed by atoms with Crippen LogP contribution in [0.5, 0.6) is 0 Å². The summed E-state index contributed by atoms with van der Waals surface area (Å²) in [5, 5.41) is 0. The third kappa shape index (κ3) is 3.15. The van der Waals surface area contributed by atoms with Gasteiger partial charge in [0, 0.05) is 0 Å². The molecule has 0 aliphatic carbocycles. The fourth-order valence-electron chi connectivity index (χ4n) is 0.625. The van der Waals surface area contributed by atoms with E-state index in [2.05, 4.69) is 24.1 Å². The van der Waals surface area contributed by atoms with Gasteiger partial charge < -0.3 is 9.69 Å². The van der Waals surface area contributed by atoms with Gasteiger partial charge in [-0.3, -0.25) is 0 Å². The van der Waals surface area contributed by atoms with E-state index in [1.54, 1.807) is 0 Å². The van der Waals surface area contributed by atoms with Crippen LogP contribution in [0.2, 0.25) is 0 Å². The molecule has 5 heteroatoms. The molecule has 60 valence electrons. The molecule has 0 aromatic carbocycles. The third-order valence-electron chi connectivity index (χ3n) is 1.21. The monoisotopic (exact) mass is 198 g/mol. The van der Waals surface area contributed by atoms with Gasteiger partial charge in [0.1, 0.15) is 11.8 Å². The standard InChI is InChI=1S/C5H11O2PS2/c1-4(2)5(3-6)8(7,9)10/h3-5H,1-2H3,(H2,7,9,10). The molecule has 0 aliphatic rings. The number of hydrogen-bond acceptors (Lipinski definition) is 2. The van der Waals surface area contributed by atoms with E-state index in [0.717, 1.165) is 0 Å². The van der Waals surface area contributed by atoms with Crippen molar-refractivity contribution in [2.45, 2.75) is 19.5 Å². The number of aldehydes is 1. The summed E-state index contributed by atoms with van der Waals surface area (Å²) in [4.78, 5) is 19.6. The van der Waals surface area contributed by atoms with Gasteiger partial charge in [-0.05, 0) is 5.92 Å². The fraction of sp³-hybridized carbons (Fsp3) is 0.800. The lowest BCUT2D eigenvalue weighted by molar-refractivity contribution is -0.108. The minimum atomic E-state index is -2.67. The molecule has 0 aromatic heterocycles. The Balaban J connectivity index is 4.37. The second kappa shape index (κ2) is 3.86. The zero-order valence-corrected chi connectivity index (χ0v) is 8.50. The zero-order chi connectivity index (χ0) is 8.36. The minimum absolute atomic E-state index is 0.0748. The number of hydrogen-bond donors (Lipinski definition) is 2. The van der Waals surface area contributed by atoms with Crippen molar-refractivity contribution in [3.63, 3.8) is 0 Å². The van der Waals surface area contributed by atoms with Crippen molar-refractivity contribution in [1.82, 2.24) is 0 Å². The molecule has 1 N–H and O–H groups in total. The number of thiol groups is 1. The summed E-state index contributed by atoms with van der Waals surface area (Å²) in [5.74, 6) is 0.0748. The summed E-state index contributed by atoms with van der Waals surface area (Å²) in [6, 6.07) is 0. The Bertz CT molecular complexity index is 163. The van der Waals surface area contributed by atoms with E-state index in [4.69, 9.17) is 0 Å². The second-order valence-electron chi connectivity index (χ2n) is 2.46. The Kier molecular flexibility index (Phi) is 4.10. The summed E-state index contributed by atoms with van der Waals surface area (Å²) < 4.78 is 0. The Morgan fingerprint density at radius 2 is 2.10 bits per heavy atom. The van der Waals surface area contributed by atoms with E-state index in [1.807, 2.05) is 13.8 Å². The van der Waals surface area contributed by atoms with Crippen molar-refractivity contribution in [3.8, 4) is 0 Å². The van der Waals surface area contributed by atoms with Gasteiger partial charge in [-0.1, -0.05) is 25.7 Å². The van der Waals surface area contributed by atoms with Gasteiger partial charge >= 0.3 is 0 Å². The van der Waals surface area contributed by atoms with Gasteiger partial charge in [0.05, 0.1) is 5.66 Å². The smallest absolute Gasteiger partial charge is 0.131 e. The summed E-state index contributed by atoms with van der Waals surface area (Å²) in [7, 11) is 0. The Morgan fingerprint density at radius 3 is 2.10 bits per heavy atom. The first-order valence-corrected chi connectivity index (χ1v) is 6.87. The van der Waals surface area contributed by atoms with Gasteiger partial charge in [-0.25, -0.2) is 0 Å². The Morgan fingerprint density at radius 1 is 1.70 bits per heavy atom. The summed E-state index contributed by atoms with van der Waals surface area (Å²) in [5.41, 5.74) is -3.14. The van der Waals surface area contributed by atoms with Crippen LogP contribution in [0, 0.1) is 5.92 Å². The van der Waals surface area contributed by atoms with Crippen LogP contribution < -0.4 is 0 Å². The molecule has 2 atom stereocenters. The first-order chi connectivity index (χ1) is 4.39. The number of carbonyl (C=O) groups excluding carboxylic acids is 1. The maximum absolute atomic E-state index is 10.3. The quantitative estimate of drug-likeness (QED) is 0.409. The van der Waals surface area contributed by atoms with E-state index in [9.17, 15) is 9.69 Å². The van der Waals surface area contributed by atoms with Crippen LogP contribution in [0.15, 0.2) is 0 Å². The number of rotatable bonds is 3. The maximum atomic E-state index is 10.3. The van der Waals surface area contributed by atoms with Crippen LogP contribution in [0.3, 0.4) is 0 Å². The fourth-order valence-corrected chi connectivity index (χ4v) is 3.40. The lowest BCUT2D eigenvalue weighted by atomic mass is 10.1. The normalized spacial score (nSPS) is 20.1. The van der Waals surface area contributed by atoms with Gasteiger partial charge in [-0.2, -0.15) is 0 Å². The van der Waals surface area contributed by atoms with Crippen molar-refractivity contribution in [3.05, 3.63) is 0 Å². The molecular weight excluding hydrogens is 187 g/mol. The van der Waals surface area contributed by atoms with Crippen LogP contribution >= 0.6 is 17.7 Å². The van der Waals surface area contributed by atoms with Crippen LogP contribution in [-0.2, 0) is 16.6 Å². The first kappa shape index (κ1) is 10.6. The number of carbonyl (C=O) groups is 1. The van der Waals surface area contributed by atoms with E-state index in [0.29, 0.717) is 6.29 Å². The van der Waals surface area contributed by atoms with Crippen molar-refractivity contribution >= 4 is 35.8 Å². The van der Waals surface area contributed by atoms with Crippen molar-refractivity contribution in [2.24, 2.45) is 5.92 Å². The average molecular weight is 198 g/mol. The molecule has 10 heavy (non-hydrogen) atoms. The molecule has 0 amide bonds. The predicted molar refractivity (Wildman–Crippen MR) is 50.2 cm³/mol. The first-order valence-electron chi connectivity index (χ1n) is 2.90. The Labute approximate surface area is 71.3 Å². The molecule has 0 rings (SSSR count). The highest BCUT2D eigenvalue weighted by molar-refractivity contribution is 8.61. The molecule has 0 heterocycles. The summed E-state index contributed by atoms with van der Waals surface area (Å²) in [6.07, 6.45) is 0.693. The highest BCUT2D eigenvalue weighted by atomic mass is 32.9. The second-order valence-corrected chi connectivity index (χ2v) is 8.55. The molecule has 0 spiro atoms. The molecule has 0 radical (unpaired) electrons. The molecule has 0 fully saturated rings. The highest BCUT2D eigenvalue weighted by Gasteiger charge is 2.24. The van der Waals surface area contributed by atoms with Crippen LogP contribution in [0.25, 0.3) is 0 Å². The molecule has 0 aliphatic heterocycles. The largest absolute Gasteiger partial charge is 0.357 e. The van der Waals surface area contributed by atoms with E-state index >= 15 is 0 Å². The third-order valence-corrected chi connectivity index (χ3v) is 4.24. The van der Waals surface area contributed by atoms with Gasteiger partial charge in [0.25, 0.3) is 0 Å². The predicted octanol–water partition coefficient (Wildman–Crippen LogP) is 1.44. The molecule has 2 nitrogen and oxygen atoms in total. The highest BCUT2D eigenvalue weighted by Crippen LogP contribution is 2.52. The maximum Gasteiger partial charge on any atom is 0.131 e. The molecule has 0 bridgehead atoms. The van der Waals surface area contributed by atoms with Crippen LogP contribution in [0.1, 0.15) is 13.8 Å². The van der Waals surface area contributed by atoms with Crippen molar-refractivity contribution in [2.75, 3.05) is 0 Å². The molecule has 2 unspecified atom stereocenters. The summed E-state index contributed by atoms with van der Waals surface area (Å²) >= 11 is 8.50. The average Bonchev–Trinajstić information content (AvgIpc) is 1.60. The van der Waals surface area contributed by atoms with Crippen molar-refractivity contribution < 1.29 is 9.69 Å². The van der Waals surface area contributed by atoms with E-state index in [-0.39, 0.29) is 5.92 Å². The minimum Gasteiger partial charge on any atom is -0.357 e. The molecule has 0 saturated heterocycles. The molecule has 0 aromatic rings. The lowest BCUT2D eigenvalue weighted by Crippen LogP contribution is -2.14. The van der Waals surface area contributed by atoms with Crippen LogP contribution in [-0.4, -0.2) is 16.8 Å². The van der Waals surface area contributed by atoms with Gasteiger partial charge in [0.15, 0.2) is 0 Å². The SMILES string of the molecule is CC(C)C(C=O)P(O)(=S)S. The van der Waals surface area contributed by atoms with Crippen LogP contribution in [0.4, 0.5) is 0 Å². The molecular formula is C5H11O2PS2. The Hall–Kier alpha value is 0.630. The zero-order valence-electron chi connectivity index (χ0n) is 5.89. The summed E-state index contributed by atoms with van der Waals surface area (Å²) in [6.45, 7) is 3.68. The van der Waals surface area contributed by atoms with Crippen molar-refractivity contribution in [1.29, 1.82) is 0 Å². The lowest BCUT2D eigenvalue weighted by Gasteiger charge is -2.19. The topological polar surface area (TPSA) is 37.3 Å². The van der Waals surface area contributed by atoms with E-state index < -0.39 is 11.1 Å². The van der Waals surface area contributed by atoms with Gasteiger partial charge in [0.2, 0.25) is 0 Å². The van der Waals surface area contributed by atoms with E-state index in [1.165, 1.54) is 0 Å². The molecule has 0 saturated carbocycles.